The Hall–Kier alpha value is -3.39. The summed E-state index contributed by atoms with van der Waals surface area (Å²) in [5.41, 5.74) is 4.61. The number of carbonyl (C=O) groups is 2. The van der Waals surface area contributed by atoms with Crippen molar-refractivity contribution in [3.05, 3.63) is 70.9 Å². The monoisotopic (exact) mass is 452 g/mol. The fourth-order valence-electron chi connectivity index (χ4n) is 3.46. The number of thiocarbonyl (C=S) groups is 1. The van der Waals surface area contributed by atoms with E-state index < -0.39 is 12.0 Å². The number of hydrogen-bond donors (Lipinski definition) is 3. The van der Waals surface area contributed by atoms with Crippen LogP contribution in [-0.4, -0.2) is 36.2 Å². The maximum absolute atomic E-state index is 12.4. The zero-order valence-corrected chi connectivity index (χ0v) is 19.7. The summed E-state index contributed by atoms with van der Waals surface area (Å²) in [4.78, 5) is 26.5. The molecule has 1 aliphatic heterocycles. The molecule has 8 heteroatoms. The summed E-state index contributed by atoms with van der Waals surface area (Å²) < 4.78 is 4.98. The van der Waals surface area contributed by atoms with Crippen LogP contribution >= 0.6 is 12.2 Å². The number of ether oxygens (including phenoxy) is 1. The van der Waals surface area contributed by atoms with E-state index in [1.807, 2.05) is 43.3 Å². The summed E-state index contributed by atoms with van der Waals surface area (Å²) in [5, 5.41) is 9.35. The number of rotatable bonds is 5. The fourth-order valence-corrected chi connectivity index (χ4v) is 3.72. The molecular formula is C24H28N4O3S. The summed E-state index contributed by atoms with van der Waals surface area (Å²) >= 11 is 5.39. The van der Waals surface area contributed by atoms with Gasteiger partial charge in [-0.2, -0.15) is 0 Å². The Morgan fingerprint density at radius 2 is 1.56 bits per heavy atom. The molecule has 0 saturated carbocycles. The van der Waals surface area contributed by atoms with Crippen molar-refractivity contribution < 1.29 is 14.3 Å². The van der Waals surface area contributed by atoms with Crippen molar-refractivity contribution in [2.45, 2.75) is 32.7 Å². The molecule has 1 aliphatic rings. The molecule has 0 spiro atoms. The molecule has 168 valence electrons. The molecule has 2 amide bonds. The molecule has 0 bridgehead atoms. The molecule has 2 aromatic rings. The maximum atomic E-state index is 12.4. The van der Waals surface area contributed by atoms with Gasteiger partial charge in [-0.05, 0) is 60.5 Å². The molecule has 0 aliphatic carbocycles. The SMILES string of the molecule is COC(=O)C1=C(C)N(C)C(=S)N[C@H]1c1ccc(NC(=O)Nc2ccc(C(C)C)cc2)cc1. The molecule has 0 unspecified atom stereocenters. The van der Waals surface area contributed by atoms with E-state index in [1.165, 1.54) is 12.7 Å². The van der Waals surface area contributed by atoms with Crippen LogP contribution in [0, 0.1) is 0 Å². The number of allylic oxidation sites excluding steroid dienone is 1. The van der Waals surface area contributed by atoms with Gasteiger partial charge in [-0.3, -0.25) is 0 Å². The lowest BCUT2D eigenvalue weighted by molar-refractivity contribution is -0.136. The number of benzene rings is 2. The number of anilines is 2. The average molecular weight is 453 g/mol. The number of nitrogens with one attached hydrogen (secondary N) is 3. The van der Waals surface area contributed by atoms with E-state index >= 15 is 0 Å². The van der Waals surface area contributed by atoms with Gasteiger partial charge in [0, 0.05) is 24.1 Å². The van der Waals surface area contributed by atoms with E-state index in [9.17, 15) is 9.59 Å². The van der Waals surface area contributed by atoms with Gasteiger partial charge in [0.15, 0.2) is 5.11 Å². The molecule has 32 heavy (non-hydrogen) atoms. The highest BCUT2D eigenvalue weighted by molar-refractivity contribution is 7.80. The van der Waals surface area contributed by atoms with Crippen LogP contribution in [0.1, 0.15) is 43.9 Å². The second-order valence-corrected chi connectivity index (χ2v) is 8.30. The third kappa shape index (κ3) is 5.08. The minimum Gasteiger partial charge on any atom is -0.466 e. The van der Waals surface area contributed by atoms with Gasteiger partial charge in [-0.1, -0.05) is 38.1 Å². The van der Waals surface area contributed by atoms with Crippen molar-refractivity contribution >= 4 is 40.7 Å². The first-order valence-corrected chi connectivity index (χ1v) is 10.7. The number of hydrogen-bond acceptors (Lipinski definition) is 4. The maximum Gasteiger partial charge on any atom is 0.337 e. The van der Waals surface area contributed by atoms with Gasteiger partial charge >= 0.3 is 12.0 Å². The van der Waals surface area contributed by atoms with Crippen LogP contribution in [0.2, 0.25) is 0 Å². The van der Waals surface area contributed by atoms with Gasteiger partial charge in [-0.15, -0.1) is 0 Å². The van der Waals surface area contributed by atoms with Crippen molar-refractivity contribution in [2.24, 2.45) is 0 Å². The number of esters is 1. The number of nitrogens with zero attached hydrogens (tertiary/aromatic N) is 1. The normalized spacial score (nSPS) is 16.0. The van der Waals surface area contributed by atoms with Gasteiger partial charge < -0.3 is 25.6 Å². The first-order chi connectivity index (χ1) is 15.2. The Morgan fingerprint density at radius 3 is 2.06 bits per heavy atom. The van der Waals surface area contributed by atoms with E-state index in [-0.39, 0.29) is 6.03 Å². The van der Waals surface area contributed by atoms with E-state index in [1.54, 1.807) is 24.1 Å². The fraction of sp³-hybridized carbons (Fsp3) is 0.292. The number of methoxy groups -OCH3 is 1. The van der Waals surface area contributed by atoms with Crippen molar-refractivity contribution in [3.8, 4) is 0 Å². The quantitative estimate of drug-likeness (QED) is 0.448. The van der Waals surface area contributed by atoms with Crippen molar-refractivity contribution in [1.82, 2.24) is 10.2 Å². The largest absolute Gasteiger partial charge is 0.466 e. The Morgan fingerprint density at radius 1 is 1.03 bits per heavy atom. The average Bonchev–Trinajstić information content (AvgIpc) is 2.77. The standard InChI is InChI=1S/C24H28N4O3S/c1-14(2)16-6-10-18(11-7-16)25-23(30)26-19-12-8-17(9-13-19)21-20(22(29)31-5)15(3)28(4)24(32)27-21/h6-14,21H,1-5H3,(H,27,32)(H2,25,26,30)/t21-/m0/s1. The Labute approximate surface area is 193 Å². The van der Waals surface area contributed by atoms with E-state index in [2.05, 4.69) is 29.8 Å². The zero-order valence-electron chi connectivity index (χ0n) is 18.9. The molecule has 0 radical (unpaired) electrons. The molecule has 7 nitrogen and oxygen atoms in total. The van der Waals surface area contributed by atoms with Crippen LogP contribution < -0.4 is 16.0 Å². The van der Waals surface area contributed by atoms with Crippen LogP contribution in [-0.2, 0) is 9.53 Å². The lowest BCUT2D eigenvalue weighted by Crippen LogP contribution is -2.46. The lowest BCUT2D eigenvalue weighted by atomic mass is 9.95. The highest BCUT2D eigenvalue weighted by Gasteiger charge is 2.33. The topological polar surface area (TPSA) is 82.7 Å². The van der Waals surface area contributed by atoms with Gasteiger partial charge in [-0.25, -0.2) is 9.59 Å². The predicted octanol–water partition coefficient (Wildman–Crippen LogP) is 4.76. The Balaban J connectivity index is 1.72. The Bertz CT molecular complexity index is 1050. The highest BCUT2D eigenvalue weighted by atomic mass is 32.1. The Kier molecular flexibility index (Phi) is 7.15. The number of carbonyl (C=O) groups excluding carboxylic acids is 2. The molecule has 3 N–H and O–H groups in total. The van der Waals surface area contributed by atoms with Gasteiger partial charge in [0.05, 0.1) is 18.7 Å². The smallest absolute Gasteiger partial charge is 0.337 e. The summed E-state index contributed by atoms with van der Waals surface area (Å²) in [6.45, 7) is 6.08. The van der Waals surface area contributed by atoms with Crippen molar-refractivity contribution in [3.63, 3.8) is 0 Å². The molecule has 0 saturated heterocycles. The minimum absolute atomic E-state index is 0.334. The van der Waals surface area contributed by atoms with E-state index in [0.717, 1.165) is 16.9 Å². The summed E-state index contributed by atoms with van der Waals surface area (Å²) in [6, 6.07) is 14.3. The van der Waals surface area contributed by atoms with Gasteiger partial charge in [0.1, 0.15) is 0 Å². The van der Waals surface area contributed by atoms with Crippen LogP contribution in [0.15, 0.2) is 59.8 Å². The number of urea groups is 1. The molecular weight excluding hydrogens is 424 g/mol. The van der Waals surface area contributed by atoms with Gasteiger partial charge in [0.25, 0.3) is 0 Å². The second kappa shape index (κ2) is 9.82. The molecule has 1 heterocycles. The van der Waals surface area contributed by atoms with Crippen molar-refractivity contribution in [1.29, 1.82) is 0 Å². The summed E-state index contributed by atoms with van der Waals surface area (Å²) in [6.07, 6.45) is 0. The summed E-state index contributed by atoms with van der Waals surface area (Å²) in [5.74, 6) is 0.0162. The minimum atomic E-state index is -0.437. The first kappa shape index (κ1) is 23.3. The van der Waals surface area contributed by atoms with Gasteiger partial charge in [0.2, 0.25) is 0 Å². The first-order valence-electron chi connectivity index (χ1n) is 10.3. The molecule has 3 rings (SSSR count). The van der Waals surface area contributed by atoms with Crippen LogP contribution in [0.4, 0.5) is 16.2 Å². The molecule has 2 aromatic carbocycles. The van der Waals surface area contributed by atoms with Crippen LogP contribution in [0.3, 0.4) is 0 Å². The van der Waals surface area contributed by atoms with E-state index in [0.29, 0.717) is 22.3 Å². The summed E-state index contributed by atoms with van der Waals surface area (Å²) in [7, 11) is 3.15. The zero-order chi connectivity index (χ0) is 23.4. The second-order valence-electron chi connectivity index (χ2n) is 7.91. The predicted molar refractivity (Wildman–Crippen MR) is 131 cm³/mol. The third-order valence-electron chi connectivity index (χ3n) is 5.50. The lowest BCUT2D eigenvalue weighted by Gasteiger charge is -2.35. The molecule has 0 aromatic heterocycles. The van der Waals surface area contributed by atoms with Crippen LogP contribution in [0.5, 0.6) is 0 Å². The van der Waals surface area contributed by atoms with Crippen molar-refractivity contribution in [2.75, 3.05) is 24.8 Å². The van der Waals surface area contributed by atoms with Crippen LogP contribution in [0.25, 0.3) is 0 Å². The third-order valence-corrected chi connectivity index (χ3v) is 5.89. The number of amides is 2. The molecule has 1 atom stereocenters. The molecule has 0 fully saturated rings. The van der Waals surface area contributed by atoms with E-state index in [4.69, 9.17) is 17.0 Å². The highest BCUT2D eigenvalue weighted by Crippen LogP contribution is 2.31.